The molecule has 2 saturated heterocycles. The van der Waals surface area contributed by atoms with Crippen LogP contribution in [0.25, 0.3) is 0 Å². The Bertz CT molecular complexity index is 582. The smallest absolute Gasteiger partial charge is 0.193 e. The Morgan fingerprint density at radius 1 is 1.17 bits per heavy atom. The molecule has 0 spiro atoms. The molecule has 0 saturated carbocycles. The van der Waals surface area contributed by atoms with Crippen LogP contribution in [0, 0.1) is 0 Å². The fourth-order valence-corrected chi connectivity index (χ4v) is 3.80. The lowest BCUT2D eigenvalue weighted by Crippen LogP contribution is -2.47. The van der Waals surface area contributed by atoms with E-state index in [4.69, 9.17) is 19.2 Å². The highest BCUT2D eigenvalue weighted by molar-refractivity contribution is 5.80. The molecule has 1 aromatic carbocycles. The van der Waals surface area contributed by atoms with Crippen LogP contribution in [0.4, 0.5) is 0 Å². The molecule has 6 nitrogen and oxygen atoms in total. The molecule has 3 rings (SSSR count). The largest absolute Gasteiger partial charge is 0.494 e. The van der Waals surface area contributed by atoms with Crippen molar-refractivity contribution in [2.24, 2.45) is 4.99 Å². The zero-order valence-electron chi connectivity index (χ0n) is 17.9. The van der Waals surface area contributed by atoms with Crippen LogP contribution in [-0.4, -0.2) is 69.1 Å². The van der Waals surface area contributed by atoms with Crippen molar-refractivity contribution in [3.05, 3.63) is 30.3 Å². The predicted octanol–water partition coefficient (Wildman–Crippen LogP) is 3.47. The first kappa shape index (κ1) is 21.9. The van der Waals surface area contributed by atoms with E-state index in [0.29, 0.717) is 18.8 Å². The topological polar surface area (TPSA) is 55.3 Å². The zero-order valence-corrected chi connectivity index (χ0v) is 17.9. The summed E-state index contributed by atoms with van der Waals surface area (Å²) in [6, 6.07) is 9.95. The van der Waals surface area contributed by atoms with E-state index < -0.39 is 0 Å². The molecule has 1 unspecified atom stereocenters. The molecular weight excluding hydrogens is 366 g/mol. The van der Waals surface area contributed by atoms with Gasteiger partial charge in [0.15, 0.2) is 5.96 Å². The second kappa shape index (κ2) is 12.7. The molecule has 0 amide bonds. The summed E-state index contributed by atoms with van der Waals surface area (Å²) in [7, 11) is 0. The maximum absolute atomic E-state index is 6.14. The fourth-order valence-electron chi connectivity index (χ4n) is 3.80. The molecule has 0 bridgehead atoms. The normalized spacial score (nSPS) is 21.2. The van der Waals surface area contributed by atoms with Gasteiger partial charge in [0, 0.05) is 39.2 Å². The molecule has 0 aromatic heterocycles. The van der Waals surface area contributed by atoms with E-state index in [9.17, 15) is 0 Å². The van der Waals surface area contributed by atoms with Gasteiger partial charge in [-0.25, -0.2) is 0 Å². The van der Waals surface area contributed by atoms with Crippen molar-refractivity contribution in [3.63, 3.8) is 0 Å². The highest BCUT2D eigenvalue weighted by atomic mass is 16.5. The Hall–Kier alpha value is -1.79. The van der Waals surface area contributed by atoms with Gasteiger partial charge in [-0.2, -0.15) is 0 Å². The average molecular weight is 404 g/mol. The fraction of sp³-hybridized carbons (Fsp3) is 0.696. The SMILES string of the molecule is CCNC(=NCCCOc1ccccc1)N1CCC(OCC2CCCCO2)CC1. The lowest BCUT2D eigenvalue weighted by atomic mass is 10.1. The van der Waals surface area contributed by atoms with Crippen LogP contribution in [-0.2, 0) is 9.47 Å². The Kier molecular flexibility index (Phi) is 9.60. The van der Waals surface area contributed by atoms with Gasteiger partial charge in [0.2, 0.25) is 0 Å². The van der Waals surface area contributed by atoms with Gasteiger partial charge in [-0.05, 0) is 51.2 Å². The summed E-state index contributed by atoms with van der Waals surface area (Å²) >= 11 is 0. The first-order chi connectivity index (χ1) is 14.3. The third kappa shape index (κ3) is 7.86. The second-order valence-corrected chi connectivity index (χ2v) is 7.76. The third-order valence-electron chi connectivity index (χ3n) is 5.44. The number of para-hydroxylation sites is 1. The minimum absolute atomic E-state index is 0.304. The molecule has 162 valence electrons. The standard InChI is InChI=1S/C23H37N3O3/c1-2-24-23(25-14-8-18-27-20-9-4-3-5-10-20)26-15-12-21(13-16-26)29-19-22-11-6-7-17-28-22/h3-5,9-10,21-22H,2,6-8,11-19H2,1H3,(H,24,25). The summed E-state index contributed by atoms with van der Waals surface area (Å²) in [6.07, 6.45) is 7.26. The molecule has 6 heteroatoms. The van der Waals surface area contributed by atoms with Gasteiger partial charge >= 0.3 is 0 Å². The molecule has 2 fully saturated rings. The lowest BCUT2D eigenvalue weighted by Gasteiger charge is -2.35. The van der Waals surface area contributed by atoms with Gasteiger partial charge in [-0.1, -0.05) is 18.2 Å². The number of nitrogens with one attached hydrogen (secondary N) is 1. The first-order valence-electron chi connectivity index (χ1n) is 11.3. The Morgan fingerprint density at radius 2 is 2.00 bits per heavy atom. The van der Waals surface area contributed by atoms with E-state index in [0.717, 1.165) is 76.8 Å². The molecule has 1 atom stereocenters. The number of hydrogen-bond donors (Lipinski definition) is 1. The van der Waals surface area contributed by atoms with Crippen molar-refractivity contribution in [1.29, 1.82) is 0 Å². The summed E-state index contributed by atoms with van der Waals surface area (Å²) in [6.45, 7) is 8.08. The highest BCUT2D eigenvalue weighted by Crippen LogP contribution is 2.18. The van der Waals surface area contributed by atoms with E-state index in [1.807, 2.05) is 30.3 Å². The minimum Gasteiger partial charge on any atom is -0.494 e. The quantitative estimate of drug-likeness (QED) is 0.389. The van der Waals surface area contributed by atoms with Crippen molar-refractivity contribution in [2.45, 2.75) is 57.7 Å². The van der Waals surface area contributed by atoms with Crippen LogP contribution in [0.15, 0.2) is 35.3 Å². The first-order valence-corrected chi connectivity index (χ1v) is 11.3. The van der Waals surface area contributed by atoms with Crippen LogP contribution >= 0.6 is 0 Å². The van der Waals surface area contributed by atoms with E-state index in [2.05, 4.69) is 17.1 Å². The summed E-state index contributed by atoms with van der Waals surface area (Å²) in [4.78, 5) is 7.16. The van der Waals surface area contributed by atoms with E-state index in [-0.39, 0.29) is 0 Å². The van der Waals surface area contributed by atoms with Crippen LogP contribution in [0.2, 0.25) is 0 Å². The van der Waals surface area contributed by atoms with Crippen LogP contribution in [0.1, 0.15) is 45.4 Å². The number of rotatable bonds is 9. The van der Waals surface area contributed by atoms with Crippen LogP contribution in [0.5, 0.6) is 5.75 Å². The third-order valence-corrected chi connectivity index (χ3v) is 5.44. The molecule has 2 heterocycles. The molecule has 1 aromatic rings. The van der Waals surface area contributed by atoms with Crippen molar-refractivity contribution in [2.75, 3.05) is 46.0 Å². The Labute approximate surface area is 175 Å². The maximum atomic E-state index is 6.14. The van der Waals surface area contributed by atoms with Gasteiger partial charge in [0.1, 0.15) is 5.75 Å². The number of hydrogen-bond acceptors (Lipinski definition) is 4. The summed E-state index contributed by atoms with van der Waals surface area (Å²) in [5, 5.41) is 3.43. The van der Waals surface area contributed by atoms with Gasteiger partial charge in [-0.15, -0.1) is 0 Å². The number of guanidine groups is 1. The predicted molar refractivity (Wildman–Crippen MR) is 117 cm³/mol. The van der Waals surface area contributed by atoms with E-state index in [1.165, 1.54) is 12.8 Å². The summed E-state index contributed by atoms with van der Waals surface area (Å²) < 4.78 is 17.7. The molecule has 2 aliphatic heterocycles. The van der Waals surface area contributed by atoms with E-state index >= 15 is 0 Å². The van der Waals surface area contributed by atoms with Crippen LogP contribution in [0.3, 0.4) is 0 Å². The van der Waals surface area contributed by atoms with Gasteiger partial charge in [-0.3, -0.25) is 4.99 Å². The Balaban J connectivity index is 1.34. The molecule has 2 aliphatic rings. The van der Waals surface area contributed by atoms with Gasteiger partial charge in [0.25, 0.3) is 0 Å². The number of nitrogens with zero attached hydrogens (tertiary/aromatic N) is 2. The molecule has 1 N–H and O–H groups in total. The van der Waals surface area contributed by atoms with Gasteiger partial charge in [0.05, 0.1) is 25.4 Å². The summed E-state index contributed by atoms with van der Waals surface area (Å²) in [5.74, 6) is 1.94. The van der Waals surface area contributed by atoms with Crippen LogP contribution < -0.4 is 10.1 Å². The van der Waals surface area contributed by atoms with Gasteiger partial charge < -0.3 is 24.4 Å². The number of ether oxygens (including phenoxy) is 3. The van der Waals surface area contributed by atoms with E-state index in [1.54, 1.807) is 0 Å². The second-order valence-electron chi connectivity index (χ2n) is 7.76. The van der Waals surface area contributed by atoms with Crippen molar-refractivity contribution < 1.29 is 14.2 Å². The number of aliphatic imine (C=N–C) groups is 1. The molecule has 29 heavy (non-hydrogen) atoms. The molecular formula is C23H37N3O3. The Morgan fingerprint density at radius 3 is 2.72 bits per heavy atom. The van der Waals surface area contributed by atoms with Crippen molar-refractivity contribution in [3.8, 4) is 5.75 Å². The monoisotopic (exact) mass is 403 g/mol. The number of benzene rings is 1. The molecule has 0 aliphatic carbocycles. The van der Waals surface area contributed by atoms with Crippen molar-refractivity contribution >= 4 is 5.96 Å². The average Bonchev–Trinajstić information content (AvgIpc) is 2.78. The molecule has 0 radical (unpaired) electrons. The highest BCUT2D eigenvalue weighted by Gasteiger charge is 2.23. The minimum atomic E-state index is 0.304. The zero-order chi connectivity index (χ0) is 20.2. The number of piperidine rings is 1. The summed E-state index contributed by atoms with van der Waals surface area (Å²) in [5.41, 5.74) is 0. The maximum Gasteiger partial charge on any atom is 0.193 e. The number of likely N-dealkylation sites (tertiary alicyclic amines) is 1. The lowest BCUT2D eigenvalue weighted by molar-refractivity contribution is -0.0721. The van der Waals surface area contributed by atoms with Crippen molar-refractivity contribution in [1.82, 2.24) is 10.2 Å².